The summed E-state index contributed by atoms with van der Waals surface area (Å²) in [4.78, 5) is 7.08. The molecule has 0 radical (unpaired) electrons. The first-order valence-corrected chi connectivity index (χ1v) is 8.48. The highest BCUT2D eigenvalue weighted by molar-refractivity contribution is 14.0. The molecular weight excluding hydrogens is 415 g/mol. The lowest BCUT2D eigenvalue weighted by molar-refractivity contribution is 0.143. The second-order valence-corrected chi connectivity index (χ2v) is 6.54. The summed E-state index contributed by atoms with van der Waals surface area (Å²) in [5.41, 5.74) is 8.11. The maximum atomic E-state index is 6.07. The zero-order valence-corrected chi connectivity index (χ0v) is 17.3. The average Bonchev–Trinajstić information content (AvgIpc) is 2.55. The number of nitrogens with one attached hydrogen (secondary N) is 1. The van der Waals surface area contributed by atoms with Gasteiger partial charge in [-0.2, -0.15) is 0 Å². The molecule has 5 nitrogen and oxygen atoms in total. The highest BCUT2D eigenvalue weighted by Crippen LogP contribution is 2.19. The minimum Gasteiger partial charge on any atom is -0.380 e. The molecule has 1 aliphatic heterocycles. The summed E-state index contributed by atoms with van der Waals surface area (Å²) in [5, 5.41) is 3.20. The first-order valence-electron chi connectivity index (χ1n) is 8.48. The molecule has 1 fully saturated rings. The molecule has 1 saturated heterocycles. The van der Waals surface area contributed by atoms with Gasteiger partial charge in [0.15, 0.2) is 5.96 Å². The van der Waals surface area contributed by atoms with Crippen LogP contribution in [0.3, 0.4) is 0 Å². The van der Waals surface area contributed by atoms with E-state index in [1.54, 1.807) is 7.11 Å². The Labute approximate surface area is 163 Å². The minimum atomic E-state index is 0. The van der Waals surface area contributed by atoms with Crippen molar-refractivity contribution in [1.29, 1.82) is 0 Å². The lowest BCUT2D eigenvalue weighted by atomic mass is 9.97. The zero-order chi connectivity index (χ0) is 16.7. The van der Waals surface area contributed by atoms with E-state index in [-0.39, 0.29) is 24.0 Å². The van der Waals surface area contributed by atoms with Crippen molar-refractivity contribution in [3.8, 4) is 0 Å². The maximum Gasteiger partial charge on any atom is 0.193 e. The number of para-hydroxylation sites is 1. The molecule has 0 spiro atoms. The number of guanidine groups is 1. The molecule has 3 N–H and O–H groups in total. The van der Waals surface area contributed by atoms with Gasteiger partial charge in [-0.05, 0) is 45.2 Å². The third kappa shape index (κ3) is 6.57. The van der Waals surface area contributed by atoms with Gasteiger partial charge in [0, 0.05) is 37.5 Å². The van der Waals surface area contributed by atoms with Crippen molar-refractivity contribution >= 4 is 35.6 Å². The molecule has 1 aromatic rings. The van der Waals surface area contributed by atoms with E-state index in [4.69, 9.17) is 10.5 Å². The van der Waals surface area contributed by atoms with Gasteiger partial charge < -0.3 is 20.7 Å². The first-order chi connectivity index (χ1) is 11.1. The van der Waals surface area contributed by atoms with Crippen molar-refractivity contribution in [3.05, 3.63) is 29.8 Å². The van der Waals surface area contributed by atoms with Crippen LogP contribution in [0.4, 0.5) is 5.69 Å². The fourth-order valence-electron chi connectivity index (χ4n) is 3.04. The van der Waals surface area contributed by atoms with Crippen molar-refractivity contribution in [2.24, 2.45) is 16.6 Å². The molecule has 136 valence electrons. The monoisotopic (exact) mass is 446 g/mol. The third-order valence-corrected chi connectivity index (χ3v) is 4.38. The Morgan fingerprint density at radius 2 is 2.17 bits per heavy atom. The molecule has 1 aliphatic rings. The number of likely N-dealkylation sites (tertiary alicyclic amines) is 1. The molecule has 0 saturated carbocycles. The van der Waals surface area contributed by atoms with E-state index in [1.165, 1.54) is 19.4 Å². The van der Waals surface area contributed by atoms with Gasteiger partial charge in [0.25, 0.3) is 0 Å². The van der Waals surface area contributed by atoms with E-state index in [9.17, 15) is 0 Å². The Balaban J connectivity index is 0.00000288. The van der Waals surface area contributed by atoms with Crippen molar-refractivity contribution in [2.45, 2.75) is 39.3 Å². The number of halogens is 1. The summed E-state index contributed by atoms with van der Waals surface area (Å²) in [5.74, 6) is 1.08. The Bertz CT molecular complexity index is 521. The smallest absolute Gasteiger partial charge is 0.193 e. The van der Waals surface area contributed by atoms with E-state index >= 15 is 0 Å². The van der Waals surface area contributed by atoms with Crippen molar-refractivity contribution in [1.82, 2.24) is 4.90 Å². The average molecular weight is 446 g/mol. The molecule has 0 aliphatic carbocycles. The number of ether oxygens (including phenoxy) is 1. The van der Waals surface area contributed by atoms with E-state index in [0.717, 1.165) is 24.3 Å². The van der Waals surface area contributed by atoms with Crippen LogP contribution in [0, 0.1) is 5.92 Å². The lowest BCUT2D eigenvalue weighted by Gasteiger charge is -2.34. The predicted octanol–water partition coefficient (Wildman–Crippen LogP) is 3.30. The molecule has 0 aromatic heterocycles. The molecule has 1 aromatic carbocycles. The molecule has 2 rings (SSSR count). The van der Waals surface area contributed by atoms with Gasteiger partial charge in [0.05, 0.1) is 6.61 Å². The summed E-state index contributed by atoms with van der Waals surface area (Å²) in [7, 11) is 1.69. The second-order valence-electron chi connectivity index (χ2n) is 6.54. The summed E-state index contributed by atoms with van der Waals surface area (Å²) in [6, 6.07) is 8.61. The number of aliphatic imine (C=N–C) groups is 1. The van der Waals surface area contributed by atoms with Gasteiger partial charge in [0.1, 0.15) is 0 Å². The second kappa shape index (κ2) is 10.9. The number of benzene rings is 1. The number of nitrogens with zero attached hydrogens (tertiary/aromatic N) is 2. The van der Waals surface area contributed by atoms with Gasteiger partial charge in [-0.3, -0.25) is 4.99 Å². The number of hydrogen-bond donors (Lipinski definition) is 2. The van der Waals surface area contributed by atoms with Gasteiger partial charge in [-0.1, -0.05) is 18.2 Å². The zero-order valence-electron chi connectivity index (χ0n) is 15.0. The maximum absolute atomic E-state index is 6.07. The summed E-state index contributed by atoms with van der Waals surface area (Å²) >= 11 is 0. The molecule has 24 heavy (non-hydrogen) atoms. The highest BCUT2D eigenvalue weighted by Gasteiger charge is 2.21. The number of piperidine rings is 1. The number of anilines is 1. The van der Waals surface area contributed by atoms with Crippen LogP contribution >= 0.6 is 24.0 Å². The Hall–Kier alpha value is -0.860. The number of methoxy groups -OCH3 is 1. The van der Waals surface area contributed by atoms with Gasteiger partial charge in [-0.25, -0.2) is 0 Å². The van der Waals surface area contributed by atoms with Crippen LogP contribution in [-0.2, 0) is 11.3 Å². The van der Waals surface area contributed by atoms with E-state index in [1.807, 2.05) is 24.3 Å². The summed E-state index contributed by atoms with van der Waals surface area (Å²) in [6.45, 7) is 8.18. The minimum absolute atomic E-state index is 0. The standard InChI is InChI=1S/C18H30N4O.HI/c1-14(2)22-10-6-7-15(12-22)11-20-18(19)21-17-9-5-4-8-16(17)13-23-3;/h4-5,8-9,14-15H,6-7,10-13H2,1-3H3,(H3,19,20,21);1H. The molecule has 1 heterocycles. The van der Waals surface area contributed by atoms with E-state index in [0.29, 0.717) is 24.5 Å². The fraction of sp³-hybridized carbons (Fsp3) is 0.611. The van der Waals surface area contributed by atoms with Gasteiger partial charge in [0.2, 0.25) is 0 Å². The largest absolute Gasteiger partial charge is 0.380 e. The van der Waals surface area contributed by atoms with Crippen LogP contribution < -0.4 is 11.1 Å². The molecule has 1 atom stereocenters. The SMILES string of the molecule is COCc1ccccc1NC(N)=NCC1CCCN(C(C)C)C1.I. The Morgan fingerprint density at radius 1 is 1.42 bits per heavy atom. The molecular formula is C18H31IN4O. The van der Waals surface area contributed by atoms with Gasteiger partial charge in [-0.15, -0.1) is 24.0 Å². The Morgan fingerprint density at radius 3 is 2.88 bits per heavy atom. The highest BCUT2D eigenvalue weighted by atomic mass is 127. The third-order valence-electron chi connectivity index (χ3n) is 4.38. The summed E-state index contributed by atoms with van der Waals surface area (Å²) in [6.07, 6.45) is 2.49. The van der Waals surface area contributed by atoms with Crippen LogP contribution in [0.2, 0.25) is 0 Å². The first kappa shape index (κ1) is 21.2. The van der Waals surface area contributed by atoms with Crippen molar-refractivity contribution < 1.29 is 4.74 Å². The van der Waals surface area contributed by atoms with E-state index in [2.05, 4.69) is 29.1 Å². The summed E-state index contributed by atoms with van der Waals surface area (Å²) < 4.78 is 5.21. The van der Waals surface area contributed by atoms with E-state index < -0.39 is 0 Å². The lowest BCUT2D eigenvalue weighted by Crippen LogP contribution is -2.41. The fourth-order valence-corrected chi connectivity index (χ4v) is 3.04. The van der Waals surface area contributed by atoms with Crippen molar-refractivity contribution in [2.75, 3.05) is 32.1 Å². The topological polar surface area (TPSA) is 62.9 Å². The molecule has 0 bridgehead atoms. The quantitative estimate of drug-likeness (QED) is 0.400. The van der Waals surface area contributed by atoms with Crippen LogP contribution in [0.15, 0.2) is 29.3 Å². The number of hydrogen-bond acceptors (Lipinski definition) is 3. The number of nitrogens with two attached hydrogens (primary N) is 1. The van der Waals surface area contributed by atoms with Crippen LogP contribution in [0.5, 0.6) is 0 Å². The molecule has 0 amide bonds. The van der Waals surface area contributed by atoms with Gasteiger partial charge >= 0.3 is 0 Å². The predicted molar refractivity (Wildman–Crippen MR) is 112 cm³/mol. The number of rotatable bonds is 6. The van der Waals surface area contributed by atoms with Crippen molar-refractivity contribution in [3.63, 3.8) is 0 Å². The Kier molecular flexibility index (Phi) is 9.61. The molecule has 6 heteroatoms. The van der Waals surface area contributed by atoms with Crippen LogP contribution in [-0.4, -0.2) is 43.6 Å². The van der Waals surface area contributed by atoms with Crippen LogP contribution in [0.25, 0.3) is 0 Å². The normalized spacial score (nSPS) is 19.2. The molecule has 1 unspecified atom stereocenters. The van der Waals surface area contributed by atoms with Crippen LogP contribution in [0.1, 0.15) is 32.3 Å².